The Hall–Kier alpha value is -1.83. The van der Waals surface area contributed by atoms with Gasteiger partial charge in [0.05, 0.1) is 15.9 Å². The zero-order valence-corrected chi connectivity index (χ0v) is 16.1. The molecular weight excluding hydrogens is 392 g/mol. The Labute approximate surface area is 161 Å². The van der Waals surface area contributed by atoms with Gasteiger partial charge < -0.3 is 5.32 Å². The van der Waals surface area contributed by atoms with Crippen molar-refractivity contribution in [3.63, 3.8) is 0 Å². The second-order valence-corrected chi connectivity index (χ2v) is 9.73. The fourth-order valence-electron chi connectivity index (χ4n) is 2.62. The molecular formula is C18H17ClN2O3S2. The van der Waals surface area contributed by atoms with E-state index in [1.165, 1.54) is 11.8 Å². The second-order valence-electron chi connectivity index (χ2n) is 5.97. The third-order valence-corrected chi connectivity index (χ3v) is 7.05. The highest BCUT2D eigenvalue weighted by molar-refractivity contribution is 8.15. The first-order valence-corrected chi connectivity index (χ1v) is 10.9. The van der Waals surface area contributed by atoms with E-state index in [-0.39, 0.29) is 27.0 Å². The number of carbonyl (C=O) groups is 1. The van der Waals surface area contributed by atoms with Gasteiger partial charge in [-0.25, -0.2) is 8.42 Å². The van der Waals surface area contributed by atoms with E-state index in [9.17, 15) is 13.2 Å². The number of amides is 1. The van der Waals surface area contributed by atoms with Crippen molar-refractivity contribution < 1.29 is 13.2 Å². The summed E-state index contributed by atoms with van der Waals surface area (Å²) in [6.45, 7) is 0. The van der Waals surface area contributed by atoms with Crippen molar-refractivity contribution in [1.29, 1.82) is 5.41 Å². The van der Waals surface area contributed by atoms with Crippen molar-refractivity contribution in [3.8, 4) is 0 Å². The van der Waals surface area contributed by atoms with E-state index >= 15 is 0 Å². The first-order chi connectivity index (χ1) is 12.3. The largest absolute Gasteiger partial charge is 0.305 e. The topological polar surface area (TPSA) is 87.1 Å². The average Bonchev–Trinajstić information content (AvgIpc) is 2.92. The number of thioether (sulfide) groups is 1. The van der Waals surface area contributed by atoms with Crippen molar-refractivity contribution in [2.75, 3.05) is 5.75 Å². The molecule has 2 aromatic rings. The van der Waals surface area contributed by atoms with Gasteiger partial charge in [-0.3, -0.25) is 10.2 Å². The quantitative estimate of drug-likeness (QED) is 0.768. The predicted octanol–water partition coefficient (Wildman–Crippen LogP) is 3.07. The van der Waals surface area contributed by atoms with Crippen molar-refractivity contribution in [2.24, 2.45) is 0 Å². The minimum atomic E-state index is -3.38. The molecule has 136 valence electrons. The highest BCUT2D eigenvalue weighted by Gasteiger charge is 2.29. The van der Waals surface area contributed by atoms with Crippen LogP contribution < -0.4 is 5.32 Å². The lowest BCUT2D eigenvalue weighted by Gasteiger charge is -2.08. The van der Waals surface area contributed by atoms with Crippen LogP contribution in [-0.2, 0) is 27.5 Å². The number of rotatable bonds is 6. The van der Waals surface area contributed by atoms with Gasteiger partial charge in [0.15, 0.2) is 15.0 Å². The number of halogens is 1. The molecule has 5 nitrogen and oxygen atoms in total. The van der Waals surface area contributed by atoms with Gasteiger partial charge in [-0.05, 0) is 48.2 Å². The van der Waals surface area contributed by atoms with Crippen molar-refractivity contribution in [2.45, 2.75) is 23.0 Å². The van der Waals surface area contributed by atoms with Gasteiger partial charge in [-0.2, -0.15) is 0 Å². The second kappa shape index (κ2) is 7.82. The molecule has 1 aliphatic rings. The molecule has 0 saturated carbocycles. The van der Waals surface area contributed by atoms with Crippen LogP contribution >= 0.6 is 23.4 Å². The third-order valence-electron chi connectivity index (χ3n) is 4.07. The molecule has 1 amide bonds. The number of benzene rings is 2. The Balaban J connectivity index is 1.64. The van der Waals surface area contributed by atoms with Crippen LogP contribution in [0.2, 0.25) is 5.02 Å². The molecule has 3 rings (SSSR count). The first kappa shape index (κ1) is 18.9. The number of aryl methyl sites for hydroxylation is 1. The van der Waals surface area contributed by atoms with Crippen LogP contribution in [0.1, 0.15) is 11.1 Å². The number of nitrogens with one attached hydrogen (secondary N) is 2. The van der Waals surface area contributed by atoms with Gasteiger partial charge in [0, 0.05) is 5.02 Å². The molecule has 1 unspecified atom stereocenters. The Bertz CT molecular complexity index is 926. The summed E-state index contributed by atoms with van der Waals surface area (Å²) in [5.74, 6) is -0.161. The van der Waals surface area contributed by atoms with E-state index in [0.29, 0.717) is 17.9 Å². The summed E-state index contributed by atoms with van der Waals surface area (Å²) in [4.78, 5) is 11.9. The third kappa shape index (κ3) is 4.66. The van der Waals surface area contributed by atoms with Gasteiger partial charge in [0.25, 0.3) is 0 Å². The van der Waals surface area contributed by atoms with E-state index in [1.807, 2.05) is 12.1 Å². The van der Waals surface area contributed by atoms with Gasteiger partial charge in [0.1, 0.15) is 0 Å². The number of sulfone groups is 1. The molecule has 2 aromatic carbocycles. The zero-order valence-electron chi connectivity index (χ0n) is 13.7. The SMILES string of the molecule is N=C1NC(=O)C(Cc2ccc(S(=O)(=O)CCc3ccc(Cl)cc3)cc2)S1. The van der Waals surface area contributed by atoms with Crippen molar-refractivity contribution in [3.05, 3.63) is 64.7 Å². The summed E-state index contributed by atoms with van der Waals surface area (Å²) in [5.41, 5.74) is 1.78. The maximum atomic E-state index is 12.5. The Morgan fingerprint density at radius 3 is 2.23 bits per heavy atom. The molecule has 0 radical (unpaired) electrons. The van der Waals surface area contributed by atoms with Gasteiger partial charge in [0.2, 0.25) is 5.91 Å². The van der Waals surface area contributed by atoms with E-state index in [2.05, 4.69) is 5.32 Å². The van der Waals surface area contributed by atoms with Crippen LogP contribution in [0.5, 0.6) is 0 Å². The fraction of sp³-hybridized carbons (Fsp3) is 0.222. The van der Waals surface area contributed by atoms with Gasteiger partial charge in [-0.15, -0.1) is 0 Å². The molecule has 1 fully saturated rings. The summed E-state index contributed by atoms with van der Waals surface area (Å²) in [6.07, 6.45) is 0.881. The number of amidine groups is 1. The lowest BCUT2D eigenvalue weighted by Crippen LogP contribution is -2.25. The molecule has 1 saturated heterocycles. The summed E-state index contributed by atoms with van der Waals surface area (Å²) in [5, 5.41) is 10.4. The van der Waals surface area contributed by atoms with E-state index in [1.54, 1.807) is 36.4 Å². The fourth-order valence-corrected chi connectivity index (χ4v) is 4.92. The predicted molar refractivity (Wildman–Crippen MR) is 105 cm³/mol. The monoisotopic (exact) mass is 408 g/mol. The van der Waals surface area contributed by atoms with E-state index in [4.69, 9.17) is 17.0 Å². The zero-order chi connectivity index (χ0) is 18.7. The Kier molecular flexibility index (Phi) is 5.70. The highest BCUT2D eigenvalue weighted by atomic mass is 35.5. The summed E-state index contributed by atoms with van der Waals surface area (Å²) < 4.78 is 25.0. The van der Waals surface area contributed by atoms with Gasteiger partial charge in [-0.1, -0.05) is 47.6 Å². The maximum absolute atomic E-state index is 12.5. The Morgan fingerprint density at radius 2 is 1.65 bits per heavy atom. The molecule has 8 heteroatoms. The summed E-state index contributed by atoms with van der Waals surface area (Å²) >= 11 is 7.01. The molecule has 1 aliphatic heterocycles. The molecule has 0 aliphatic carbocycles. The highest BCUT2D eigenvalue weighted by Crippen LogP contribution is 2.23. The molecule has 1 atom stereocenters. The molecule has 0 spiro atoms. The average molecular weight is 409 g/mol. The number of carbonyl (C=O) groups excluding carboxylic acids is 1. The normalized spacial score (nSPS) is 17.3. The smallest absolute Gasteiger partial charge is 0.239 e. The van der Waals surface area contributed by atoms with E-state index in [0.717, 1.165) is 11.1 Å². The van der Waals surface area contributed by atoms with Crippen LogP contribution in [0.25, 0.3) is 0 Å². The number of hydrogen-bond acceptors (Lipinski definition) is 5. The van der Waals surface area contributed by atoms with Crippen LogP contribution in [-0.4, -0.2) is 30.5 Å². The van der Waals surface area contributed by atoms with Gasteiger partial charge >= 0.3 is 0 Å². The maximum Gasteiger partial charge on any atom is 0.239 e. The lowest BCUT2D eigenvalue weighted by molar-refractivity contribution is -0.118. The first-order valence-electron chi connectivity index (χ1n) is 7.96. The van der Waals surface area contributed by atoms with Crippen LogP contribution in [0.3, 0.4) is 0 Å². The van der Waals surface area contributed by atoms with Crippen LogP contribution in [0.4, 0.5) is 0 Å². The van der Waals surface area contributed by atoms with Crippen LogP contribution in [0.15, 0.2) is 53.4 Å². The minimum Gasteiger partial charge on any atom is -0.305 e. The lowest BCUT2D eigenvalue weighted by atomic mass is 10.1. The minimum absolute atomic E-state index is 0.0199. The van der Waals surface area contributed by atoms with Crippen molar-refractivity contribution >= 4 is 44.3 Å². The van der Waals surface area contributed by atoms with Crippen molar-refractivity contribution in [1.82, 2.24) is 5.32 Å². The molecule has 26 heavy (non-hydrogen) atoms. The molecule has 0 bridgehead atoms. The van der Waals surface area contributed by atoms with Crippen LogP contribution in [0, 0.1) is 5.41 Å². The standard InChI is InChI=1S/C18H17ClN2O3S2/c19-14-5-1-12(2-6-14)9-10-26(23,24)15-7-3-13(4-8-15)11-16-17(22)21-18(20)25-16/h1-8,16H,9-11H2,(H2,20,21,22). The Morgan fingerprint density at radius 1 is 1.04 bits per heavy atom. The molecule has 1 heterocycles. The molecule has 0 aromatic heterocycles. The van der Waals surface area contributed by atoms with E-state index < -0.39 is 9.84 Å². The number of hydrogen-bond donors (Lipinski definition) is 2. The summed E-state index contributed by atoms with van der Waals surface area (Å²) in [7, 11) is -3.38. The molecule has 2 N–H and O–H groups in total. The summed E-state index contributed by atoms with van der Waals surface area (Å²) in [6, 6.07) is 13.7.